The first kappa shape index (κ1) is 13.9. The number of carbonyl (C=O) groups is 1. The van der Waals surface area contributed by atoms with Crippen molar-refractivity contribution in [3.8, 4) is 0 Å². The fourth-order valence-electron chi connectivity index (χ4n) is 2.56. The van der Waals surface area contributed by atoms with Crippen molar-refractivity contribution in [2.75, 3.05) is 13.7 Å². The molecule has 1 aliphatic heterocycles. The summed E-state index contributed by atoms with van der Waals surface area (Å²) in [6.45, 7) is 0.711. The molecular formula is C14H17F2NO2. The second kappa shape index (κ2) is 6.10. The zero-order chi connectivity index (χ0) is 13.8. The Morgan fingerprint density at radius 1 is 1.37 bits per heavy atom. The van der Waals surface area contributed by atoms with E-state index in [1.807, 2.05) is 0 Å². The summed E-state index contributed by atoms with van der Waals surface area (Å²) in [5.41, 5.74) is 0.598. The maximum atomic E-state index is 13.1. The molecule has 1 saturated heterocycles. The minimum Gasteiger partial charge on any atom is -0.469 e. The van der Waals surface area contributed by atoms with Crippen LogP contribution >= 0.6 is 0 Å². The van der Waals surface area contributed by atoms with Gasteiger partial charge >= 0.3 is 5.97 Å². The van der Waals surface area contributed by atoms with Gasteiger partial charge in [-0.1, -0.05) is 0 Å². The molecule has 2 atom stereocenters. The summed E-state index contributed by atoms with van der Waals surface area (Å²) < 4.78 is 31.0. The van der Waals surface area contributed by atoms with Crippen LogP contribution in [-0.4, -0.2) is 25.7 Å². The summed E-state index contributed by atoms with van der Waals surface area (Å²) in [4.78, 5) is 11.5. The quantitative estimate of drug-likeness (QED) is 0.853. The molecular weight excluding hydrogens is 252 g/mol. The molecule has 0 saturated carbocycles. The van der Waals surface area contributed by atoms with Crippen LogP contribution in [0.1, 0.15) is 18.4 Å². The third-order valence-corrected chi connectivity index (χ3v) is 3.43. The van der Waals surface area contributed by atoms with Crippen molar-refractivity contribution >= 4 is 5.97 Å². The maximum Gasteiger partial charge on any atom is 0.308 e. The van der Waals surface area contributed by atoms with Crippen LogP contribution in [0.5, 0.6) is 0 Å². The fraction of sp³-hybridized carbons (Fsp3) is 0.500. The average Bonchev–Trinajstić information content (AvgIpc) is 2.37. The molecule has 1 N–H and O–H groups in total. The molecule has 1 aromatic rings. The molecule has 1 aromatic carbocycles. The number of piperidine rings is 1. The number of carbonyl (C=O) groups excluding carboxylic acids is 1. The minimum absolute atomic E-state index is 0.0408. The van der Waals surface area contributed by atoms with Crippen LogP contribution in [0.2, 0.25) is 0 Å². The Bertz CT molecular complexity index is 445. The largest absolute Gasteiger partial charge is 0.469 e. The highest BCUT2D eigenvalue weighted by Gasteiger charge is 2.27. The molecule has 0 radical (unpaired) electrons. The smallest absolute Gasteiger partial charge is 0.308 e. The van der Waals surface area contributed by atoms with Crippen LogP contribution in [0.15, 0.2) is 18.2 Å². The number of methoxy groups -OCH3 is 1. The van der Waals surface area contributed by atoms with Crippen molar-refractivity contribution < 1.29 is 18.3 Å². The summed E-state index contributed by atoms with van der Waals surface area (Å²) in [6.07, 6.45) is 1.87. The monoisotopic (exact) mass is 269 g/mol. The van der Waals surface area contributed by atoms with E-state index in [2.05, 4.69) is 5.32 Å². The standard InChI is InChI=1S/C14H17F2NO2/c1-19-14(18)10-2-3-17-13(7-10)6-9-4-11(15)8-12(16)5-9/h4-5,8,10,13,17H,2-3,6-7H2,1H3. The van der Waals surface area contributed by atoms with Crippen LogP contribution in [0.25, 0.3) is 0 Å². The first-order valence-corrected chi connectivity index (χ1v) is 6.34. The zero-order valence-corrected chi connectivity index (χ0v) is 10.8. The molecule has 2 rings (SSSR count). The van der Waals surface area contributed by atoms with E-state index in [4.69, 9.17) is 4.74 Å². The Hall–Kier alpha value is -1.49. The first-order valence-electron chi connectivity index (χ1n) is 6.34. The number of esters is 1. The molecule has 2 unspecified atom stereocenters. The van der Waals surface area contributed by atoms with E-state index in [1.54, 1.807) is 0 Å². The maximum absolute atomic E-state index is 13.1. The highest BCUT2D eigenvalue weighted by Crippen LogP contribution is 2.21. The van der Waals surface area contributed by atoms with Crippen molar-refractivity contribution in [2.45, 2.75) is 25.3 Å². The summed E-state index contributed by atoms with van der Waals surface area (Å²) in [5, 5.41) is 3.26. The molecule has 3 nitrogen and oxygen atoms in total. The first-order chi connectivity index (χ1) is 9.08. The van der Waals surface area contributed by atoms with Crippen LogP contribution in [-0.2, 0) is 16.0 Å². The Morgan fingerprint density at radius 3 is 2.68 bits per heavy atom. The van der Waals surface area contributed by atoms with Crippen LogP contribution in [0.4, 0.5) is 8.78 Å². The molecule has 5 heteroatoms. The second-order valence-corrected chi connectivity index (χ2v) is 4.88. The van der Waals surface area contributed by atoms with Crippen molar-refractivity contribution in [3.05, 3.63) is 35.4 Å². The number of benzene rings is 1. The number of nitrogens with one attached hydrogen (secondary N) is 1. The lowest BCUT2D eigenvalue weighted by molar-refractivity contribution is -0.146. The van der Waals surface area contributed by atoms with Gasteiger partial charge in [-0.15, -0.1) is 0 Å². The van der Waals surface area contributed by atoms with Gasteiger partial charge in [0.05, 0.1) is 13.0 Å². The van der Waals surface area contributed by atoms with Gasteiger partial charge in [-0.3, -0.25) is 4.79 Å². The van der Waals surface area contributed by atoms with Crippen molar-refractivity contribution in [1.29, 1.82) is 0 Å². The molecule has 0 spiro atoms. The van der Waals surface area contributed by atoms with E-state index >= 15 is 0 Å². The van der Waals surface area contributed by atoms with E-state index < -0.39 is 11.6 Å². The number of halogens is 2. The minimum atomic E-state index is -0.574. The van der Waals surface area contributed by atoms with E-state index in [1.165, 1.54) is 19.2 Å². The normalized spacial score (nSPS) is 23.1. The Morgan fingerprint density at radius 2 is 2.05 bits per heavy atom. The van der Waals surface area contributed by atoms with Gasteiger partial charge in [-0.2, -0.15) is 0 Å². The molecule has 104 valence electrons. The predicted octanol–water partition coefficient (Wildman–Crippen LogP) is 2.05. The molecule has 19 heavy (non-hydrogen) atoms. The Balaban J connectivity index is 2.00. The summed E-state index contributed by atoms with van der Waals surface area (Å²) >= 11 is 0. The number of hydrogen-bond donors (Lipinski definition) is 1. The van der Waals surface area contributed by atoms with Gasteiger partial charge in [0, 0.05) is 12.1 Å². The number of rotatable bonds is 3. The third kappa shape index (κ3) is 3.73. The van der Waals surface area contributed by atoms with Crippen molar-refractivity contribution in [1.82, 2.24) is 5.32 Å². The van der Waals surface area contributed by atoms with Gasteiger partial charge in [0.25, 0.3) is 0 Å². The van der Waals surface area contributed by atoms with Crippen LogP contribution in [0, 0.1) is 17.6 Å². The topological polar surface area (TPSA) is 38.3 Å². The number of hydrogen-bond acceptors (Lipinski definition) is 3. The second-order valence-electron chi connectivity index (χ2n) is 4.88. The number of ether oxygens (including phenoxy) is 1. The molecule has 0 bridgehead atoms. The van der Waals surface area contributed by atoms with Crippen molar-refractivity contribution in [3.63, 3.8) is 0 Å². The fourth-order valence-corrected chi connectivity index (χ4v) is 2.56. The van der Waals surface area contributed by atoms with Gasteiger partial charge in [0.1, 0.15) is 11.6 Å². The third-order valence-electron chi connectivity index (χ3n) is 3.43. The van der Waals surface area contributed by atoms with E-state index in [-0.39, 0.29) is 17.9 Å². The van der Waals surface area contributed by atoms with E-state index in [0.717, 1.165) is 12.5 Å². The summed E-state index contributed by atoms with van der Waals surface area (Å²) in [5.74, 6) is -1.49. The SMILES string of the molecule is COC(=O)C1CCNC(Cc2cc(F)cc(F)c2)C1. The lowest BCUT2D eigenvalue weighted by Gasteiger charge is -2.28. The van der Waals surface area contributed by atoms with Crippen LogP contribution < -0.4 is 5.32 Å². The molecule has 0 aromatic heterocycles. The van der Waals surface area contributed by atoms with E-state index in [0.29, 0.717) is 24.9 Å². The Labute approximate surface area is 111 Å². The van der Waals surface area contributed by atoms with E-state index in [9.17, 15) is 13.6 Å². The average molecular weight is 269 g/mol. The molecule has 0 amide bonds. The van der Waals surface area contributed by atoms with Gasteiger partial charge in [-0.25, -0.2) is 8.78 Å². The highest BCUT2D eigenvalue weighted by atomic mass is 19.1. The summed E-state index contributed by atoms with van der Waals surface area (Å²) in [7, 11) is 1.38. The molecule has 1 heterocycles. The van der Waals surface area contributed by atoms with Crippen molar-refractivity contribution in [2.24, 2.45) is 5.92 Å². The lowest BCUT2D eigenvalue weighted by Crippen LogP contribution is -2.42. The van der Waals surface area contributed by atoms with Gasteiger partial charge in [-0.05, 0) is 43.5 Å². The van der Waals surface area contributed by atoms with Gasteiger partial charge in [0.2, 0.25) is 0 Å². The molecule has 1 fully saturated rings. The van der Waals surface area contributed by atoms with Crippen LogP contribution in [0.3, 0.4) is 0 Å². The zero-order valence-electron chi connectivity index (χ0n) is 10.8. The predicted molar refractivity (Wildman–Crippen MR) is 66.6 cm³/mol. The molecule has 1 aliphatic rings. The lowest BCUT2D eigenvalue weighted by atomic mass is 9.89. The Kier molecular flexibility index (Phi) is 4.47. The van der Waals surface area contributed by atoms with Gasteiger partial charge in [0.15, 0.2) is 0 Å². The molecule has 0 aliphatic carbocycles. The highest BCUT2D eigenvalue weighted by molar-refractivity contribution is 5.72. The summed E-state index contributed by atoms with van der Waals surface area (Å²) in [6, 6.07) is 3.55. The van der Waals surface area contributed by atoms with Gasteiger partial charge < -0.3 is 10.1 Å².